The summed E-state index contributed by atoms with van der Waals surface area (Å²) in [6.07, 6.45) is 0.285. The lowest BCUT2D eigenvalue weighted by molar-refractivity contribution is -0.115. The van der Waals surface area contributed by atoms with Crippen molar-refractivity contribution in [1.29, 1.82) is 0 Å². The van der Waals surface area contributed by atoms with Crippen molar-refractivity contribution >= 4 is 22.9 Å². The van der Waals surface area contributed by atoms with Crippen LogP contribution in [0.4, 0.5) is 5.69 Å². The Hall–Kier alpha value is -1.72. The molecular formula is C15H18N2O2S. The molecule has 1 heterocycles. The van der Waals surface area contributed by atoms with Crippen molar-refractivity contribution in [2.45, 2.75) is 26.9 Å². The molecule has 0 aliphatic carbocycles. The Bertz CT molecular complexity index is 608. The number of hydrogen-bond acceptors (Lipinski definition) is 4. The van der Waals surface area contributed by atoms with Gasteiger partial charge in [0.25, 0.3) is 0 Å². The van der Waals surface area contributed by atoms with Crippen LogP contribution in [-0.4, -0.2) is 18.0 Å². The molecule has 2 aromatic rings. The highest BCUT2D eigenvalue weighted by Crippen LogP contribution is 2.17. The van der Waals surface area contributed by atoms with Crippen molar-refractivity contribution in [3.63, 3.8) is 0 Å². The number of aryl methyl sites for hydroxylation is 2. The van der Waals surface area contributed by atoms with E-state index in [1.165, 1.54) is 16.9 Å². The van der Waals surface area contributed by atoms with Gasteiger partial charge >= 0.3 is 0 Å². The number of methoxy groups -OCH3 is 1. The molecule has 106 valence electrons. The molecule has 0 saturated heterocycles. The van der Waals surface area contributed by atoms with E-state index in [0.717, 1.165) is 22.0 Å². The summed E-state index contributed by atoms with van der Waals surface area (Å²) >= 11 is 1.51. The highest BCUT2D eigenvalue weighted by atomic mass is 32.1. The molecule has 0 aliphatic heterocycles. The Morgan fingerprint density at radius 1 is 1.40 bits per heavy atom. The zero-order valence-electron chi connectivity index (χ0n) is 11.9. The third-order valence-electron chi connectivity index (χ3n) is 2.86. The number of anilines is 1. The summed E-state index contributed by atoms with van der Waals surface area (Å²) in [5.41, 5.74) is 3.89. The second kappa shape index (κ2) is 6.63. The summed E-state index contributed by atoms with van der Waals surface area (Å²) in [6, 6.07) is 5.97. The summed E-state index contributed by atoms with van der Waals surface area (Å²) in [5.74, 6) is -0.0498. The first-order valence-corrected chi connectivity index (χ1v) is 7.26. The van der Waals surface area contributed by atoms with Gasteiger partial charge in [-0.1, -0.05) is 17.7 Å². The van der Waals surface area contributed by atoms with Gasteiger partial charge in [-0.3, -0.25) is 4.79 Å². The van der Waals surface area contributed by atoms with Gasteiger partial charge in [-0.25, -0.2) is 4.98 Å². The van der Waals surface area contributed by atoms with Gasteiger partial charge in [0.2, 0.25) is 5.91 Å². The minimum absolute atomic E-state index is 0.0498. The number of carbonyl (C=O) groups is 1. The maximum absolute atomic E-state index is 12.0. The van der Waals surface area contributed by atoms with Crippen LogP contribution in [0.2, 0.25) is 0 Å². The fraction of sp³-hybridized carbons (Fsp3) is 0.333. The highest BCUT2D eigenvalue weighted by Gasteiger charge is 2.09. The van der Waals surface area contributed by atoms with Crippen LogP contribution in [0.3, 0.4) is 0 Å². The minimum atomic E-state index is -0.0498. The van der Waals surface area contributed by atoms with E-state index in [2.05, 4.69) is 16.4 Å². The molecule has 0 atom stereocenters. The van der Waals surface area contributed by atoms with Gasteiger partial charge < -0.3 is 10.1 Å². The lowest BCUT2D eigenvalue weighted by Crippen LogP contribution is -2.15. The molecule has 0 saturated carbocycles. The third-order valence-corrected chi connectivity index (χ3v) is 3.74. The van der Waals surface area contributed by atoms with Crippen LogP contribution in [0.5, 0.6) is 0 Å². The van der Waals surface area contributed by atoms with Gasteiger partial charge in [-0.15, -0.1) is 11.3 Å². The van der Waals surface area contributed by atoms with Crippen molar-refractivity contribution in [1.82, 2.24) is 4.98 Å². The summed E-state index contributed by atoms with van der Waals surface area (Å²) in [4.78, 5) is 16.4. The molecule has 0 fully saturated rings. The molecule has 0 aliphatic rings. The molecule has 0 spiro atoms. The number of rotatable bonds is 5. The minimum Gasteiger partial charge on any atom is -0.378 e. The van der Waals surface area contributed by atoms with Gasteiger partial charge in [-0.05, 0) is 25.5 Å². The second-order valence-corrected chi connectivity index (χ2v) is 5.65. The number of nitrogens with one attached hydrogen (secondary N) is 1. The molecular weight excluding hydrogens is 272 g/mol. The average molecular weight is 290 g/mol. The molecule has 0 radical (unpaired) electrons. The van der Waals surface area contributed by atoms with E-state index in [9.17, 15) is 4.79 Å². The van der Waals surface area contributed by atoms with Crippen LogP contribution >= 0.6 is 11.3 Å². The van der Waals surface area contributed by atoms with Crippen molar-refractivity contribution in [3.05, 3.63) is 45.4 Å². The number of aromatic nitrogens is 1. The Morgan fingerprint density at radius 3 is 2.90 bits per heavy atom. The van der Waals surface area contributed by atoms with Crippen LogP contribution in [0.1, 0.15) is 21.8 Å². The van der Waals surface area contributed by atoms with E-state index in [0.29, 0.717) is 6.61 Å². The summed E-state index contributed by atoms with van der Waals surface area (Å²) in [7, 11) is 1.63. The van der Waals surface area contributed by atoms with Crippen LogP contribution in [0, 0.1) is 13.8 Å². The molecule has 1 N–H and O–H groups in total. The highest BCUT2D eigenvalue weighted by molar-refractivity contribution is 7.09. The zero-order chi connectivity index (χ0) is 14.5. The number of hydrogen-bond donors (Lipinski definition) is 1. The summed E-state index contributed by atoms with van der Waals surface area (Å²) in [6.45, 7) is 4.51. The maximum Gasteiger partial charge on any atom is 0.230 e. The van der Waals surface area contributed by atoms with Gasteiger partial charge in [0.1, 0.15) is 5.01 Å². The van der Waals surface area contributed by atoms with Crippen molar-refractivity contribution in [3.8, 4) is 0 Å². The zero-order valence-corrected chi connectivity index (χ0v) is 12.7. The average Bonchev–Trinajstić information content (AvgIpc) is 2.81. The Balaban J connectivity index is 1.97. The number of thiazole rings is 1. The standard InChI is InChI=1S/C15H18N2O2S/c1-10-4-5-13(11(2)6-10)17-14(18)7-12-9-20-15(16-12)8-19-3/h4-6,9H,7-8H2,1-3H3,(H,17,18). The fourth-order valence-electron chi connectivity index (χ4n) is 1.93. The molecule has 0 unspecified atom stereocenters. The smallest absolute Gasteiger partial charge is 0.230 e. The van der Waals surface area contributed by atoms with Gasteiger partial charge in [0, 0.05) is 18.2 Å². The normalized spacial score (nSPS) is 10.6. The SMILES string of the molecule is COCc1nc(CC(=O)Nc2ccc(C)cc2C)cs1. The van der Waals surface area contributed by atoms with Gasteiger partial charge in [0.05, 0.1) is 18.7 Å². The molecule has 5 heteroatoms. The van der Waals surface area contributed by atoms with Crippen molar-refractivity contribution < 1.29 is 9.53 Å². The van der Waals surface area contributed by atoms with Gasteiger partial charge in [-0.2, -0.15) is 0 Å². The van der Waals surface area contributed by atoms with E-state index >= 15 is 0 Å². The Kier molecular flexibility index (Phi) is 4.87. The predicted molar refractivity (Wildman–Crippen MR) is 81.1 cm³/mol. The second-order valence-electron chi connectivity index (χ2n) is 4.71. The van der Waals surface area contributed by atoms with Gasteiger partial charge in [0.15, 0.2) is 0 Å². The van der Waals surface area contributed by atoms with Crippen molar-refractivity contribution in [2.75, 3.05) is 12.4 Å². The van der Waals surface area contributed by atoms with Crippen LogP contribution < -0.4 is 5.32 Å². The van der Waals surface area contributed by atoms with Crippen LogP contribution in [-0.2, 0) is 22.6 Å². The number of benzene rings is 1. The monoisotopic (exact) mass is 290 g/mol. The Morgan fingerprint density at radius 2 is 2.20 bits per heavy atom. The molecule has 4 nitrogen and oxygen atoms in total. The van der Waals surface area contributed by atoms with E-state index in [-0.39, 0.29) is 12.3 Å². The first kappa shape index (κ1) is 14.7. The maximum atomic E-state index is 12.0. The Labute approximate surface area is 122 Å². The first-order chi connectivity index (χ1) is 9.58. The summed E-state index contributed by atoms with van der Waals surface area (Å²) in [5, 5.41) is 5.71. The number of carbonyl (C=O) groups excluding carboxylic acids is 1. The van der Waals surface area contributed by atoms with E-state index in [1.807, 2.05) is 31.4 Å². The lowest BCUT2D eigenvalue weighted by atomic mass is 10.1. The molecule has 1 amide bonds. The third kappa shape index (κ3) is 3.88. The number of amides is 1. The molecule has 2 rings (SSSR count). The fourth-order valence-corrected chi connectivity index (χ4v) is 2.70. The van der Waals surface area contributed by atoms with Crippen LogP contribution in [0.25, 0.3) is 0 Å². The van der Waals surface area contributed by atoms with E-state index in [4.69, 9.17) is 4.74 Å². The largest absolute Gasteiger partial charge is 0.378 e. The molecule has 1 aromatic heterocycles. The summed E-state index contributed by atoms with van der Waals surface area (Å²) < 4.78 is 5.02. The quantitative estimate of drug-likeness (QED) is 0.920. The topological polar surface area (TPSA) is 51.2 Å². The number of nitrogens with zero attached hydrogens (tertiary/aromatic N) is 1. The predicted octanol–water partition coefficient (Wildman–Crippen LogP) is 3.09. The molecule has 20 heavy (non-hydrogen) atoms. The van der Waals surface area contributed by atoms with Crippen LogP contribution in [0.15, 0.2) is 23.6 Å². The molecule has 1 aromatic carbocycles. The molecule has 0 bridgehead atoms. The first-order valence-electron chi connectivity index (χ1n) is 6.38. The lowest BCUT2D eigenvalue weighted by Gasteiger charge is -2.08. The van der Waals surface area contributed by atoms with E-state index < -0.39 is 0 Å². The number of ether oxygens (including phenoxy) is 1. The van der Waals surface area contributed by atoms with Crippen molar-refractivity contribution in [2.24, 2.45) is 0 Å². The van der Waals surface area contributed by atoms with E-state index in [1.54, 1.807) is 7.11 Å².